The summed E-state index contributed by atoms with van der Waals surface area (Å²) in [5.74, 6) is 0.647. The van der Waals surface area contributed by atoms with Crippen LogP contribution in [-0.4, -0.2) is 43.1 Å². The Bertz CT molecular complexity index is 665. The third-order valence-electron chi connectivity index (χ3n) is 5.14. The van der Waals surface area contributed by atoms with E-state index in [1.165, 1.54) is 0 Å². The summed E-state index contributed by atoms with van der Waals surface area (Å²) in [6, 6.07) is 5.02. The number of hydrogen-bond acceptors (Lipinski definition) is 4. The van der Waals surface area contributed by atoms with Crippen LogP contribution in [0, 0.1) is 6.92 Å². The molecule has 1 aromatic rings. The summed E-state index contributed by atoms with van der Waals surface area (Å²) < 4.78 is 33.0. The minimum atomic E-state index is -3.60. The van der Waals surface area contributed by atoms with Crippen molar-refractivity contribution in [1.82, 2.24) is 4.31 Å². The number of ether oxygens (including phenoxy) is 1. The number of nitrogens with zero attached hydrogens (tertiary/aromatic N) is 1. The van der Waals surface area contributed by atoms with Gasteiger partial charge in [-0.1, -0.05) is 12.8 Å². The Morgan fingerprint density at radius 3 is 2.59 bits per heavy atom. The van der Waals surface area contributed by atoms with E-state index in [1.54, 1.807) is 36.5 Å². The van der Waals surface area contributed by atoms with Crippen LogP contribution in [0.2, 0.25) is 0 Å². The molecular formula is C16H23NO4S. The Labute approximate surface area is 131 Å². The largest absolute Gasteiger partial charge is 0.497 e. The average Bonchev–Trinajstić information content (AvgIpc) is 3.08. The van der Waals surface area contributed by atoms with Crippen molar-refractivity contribution in [2.75, 3.05) is 13.7 Å². The van der Waals surface area contributed by atoms with Gasteiger partial charge in [-0.2, -0.15) is 4.31 Å². The van der Waals surface area contributed by atoms with Crippen molar-refractivity contribution >= 4 is 10.0 Å². The quantitative estimate of drug-likeness (QED) is 0.924. The fraction of sp³-hybridized carbons (Fsp3) is 0.625. The van der Waals surface area contributed by atoms with Gasteiger partial charge in [0.1, 0.15) is 5.75 Å². The SMILES string of the molecule is COc1ccc(S(=O)(=O)N2CCC(O)C23CCCC3)c(C)c1. The molecule has 0 amide bonds. The van der Waals surface area contributed by atoms with E-state index in [2.05, 4.69) is 0 Å². The summed E-state index contributed by atoms with van der Waals surface area (Å²) in [6.45, 7) is 2.18. The average molecular weight is 325 g/mol. The van der Waals surface area contributed by atoms with E-state index < -0.39 is 21.7 Å². The normalized spacial score (nSPS) is 25.0. The van der Waals surface area contributed by atoms with Gasteiger partial charge in [-0.3, -0.25) is 0 Å². The molecule has 1 spiro atoms. The Kier molecular flexibility index (Phi) is 3.95. The van der Waals surface area contributed by atoms with Gasteiger partial charge in [-0.15, -0.1) is 0 Å². The topological polar surface area (TPSA) is 66.8 Å². The Morgan fingerprint density at radius 1 is 1.32 bits per heavy atom. The molecule has 1 atom stereocenters. The molecule has 1 N–H and O–H groups in total. The first kappa shape index (κ1) is 15.8. The first-order valence-corrected chi connectivity index (χ1v) is 9.21. The minimum Gasteiger partial charge on any atom is -0.497 e. The summed E-state index contributed by atoms with van der Waals surface area (Å²) in [6.07, 6.45) is 3.43. The zero-order chi connectivity index (χ0) is 16.0. The van der Waals surface area contributed by atoms with Crippen LogP contribution >= 0.6 is 0 Å². The van der Waals surface area contributed by atoms with Crippen LogP contribution in [0.15, 0.2) is 23.1 Å². The van der Waals surface area contributed by atoms with Gasteiger partial charge >= 0.3 is 0 Å². The fourth-order valence-electron chi connectivity index (χ4n) is 3.98. The van der Waals surface area contributed by atoms with Gasteiger partial charge in [0, 0.05) is 6.54 Å². The highest BCUT2D eigenvalue weighted by Crippen LogP contribution is 2.46. The maximum absolute atomic E-state index is 13.1. The highest BCUT2D eigenvalue weighted by atomic mass is 32.2. The van der Waals surface area contributed by atoms with Crippen molar-refractivity contribution in [2.24, 2.45) is 0 Å². The monoisotopic (exact) mass is 325 g/mol. The van der Waals surface area contributed by atoms with Crippen molar-refractivity contribution in [2.45, 2.75) is 55.6 Å². The number of aliphatic hydroxyl groups excluding tert-OH is 1. The Morgan fingerprint density at radius 2 is 2.00 bits per heavy atom. The van der Waals surface area contributed by atoms with E-state index >= 15 is 0 Å². The Balaban J connectivity index is 2.03. The lowest BCUT2D eigenvalue weighted by atomic mass is 9.93. The molecule has 1 unspecified atom stereocenters. The minimum absolute atomic E-state index is 0.314. The van der Waals surface area contributed by atoms with Crippen LogP contribution in [0.25, 0.3) is 0 Å². The van der Waals surface area contributed by atoms with E-state index in [4.69, 9.17) is 4.74 Å². The first-order valence-electron chi connectivity index (χ1n) is 7.77. The van der Waals surface area contributed by atoms with Gasteiger partial charge < -0.3 is 9.84 Å². The second kappa shape index (κ2) is 5.51. The number of sulfonamides is 1. The van der Waals surface area contributed by atoms with Gasteiger partial charge in [0.15, 0.2) is 0 Å². The van der Waals surface area contributed by atoms with Crippen LogP contribution in [0.4, 0.5) is 0 Å². The van der Waals surface area contributed by atoms with Crippen LogP contribution < -0.4 is 4.74 Å². The summed E-state index contributed by atoms with van der Waals surface area (Å²) in [7, 11) is -2.04. The number of aliphatic hydroxyl groups is 1. The van der Waals surface area contributed by atoms with E-state index in [9.17, 15) is 13.5 Å². The fourth-order valence-corrected chi connectivity index (χ4v) is 6.06. The van der Waals surface area contributed by atoms with Crippen LogP contribution in [0.1, 0.15) is 37.7 Å². The van der Waals surface area contributed by atoms with Crippen molar-refractivity contribution in [3.05, 3.63) is 23.8 Å². The van der Waals surface area contributed by atoms with Crippen molar-refractivity contribution in [3.63, 3.8) is 0 Å². The van der Waals surface area contributed by atoms with E-state index in [1.807, 2.05) is 0 Å². The molecular weight excluding hydrogens is 302 g/mol. The molecule has 1 saturated heterocycles. The molecule has 3 rings (SSSR count). The molecule has 2 aliphatic rings. The molecule has 6 heteroatoms. The summed E-state index contributed by atoms with van der Waals surface area (Å²) in [5.41, 5.74) is 0.0828. The zero-order valence-corrected chi connectivity index (χ0v) is 13.9. The maximum atomic E-state index is 13.1. The van der Waals surface area contributed by atoms with Crippen molar-refractivity contribution in [3.8, 4) is 5.75 Å². The number of methoxy groups -OCH3 is 1. The first-order chi connectivity index (χ1) is 10.4. The van der Waals surface area contributed by atoms with Crippen LogP contribution in [-0.2, 0) is 10.0 Å². The second-order valence-electron chi connectivity index (χ2n) is 6.32. The number of benzene rings is 1. The lowest BCUT2D eigenvalue weighted by molar-refractivity contribution is 0.0688. The molecule has 22 heavy (non-hydrogen) atoms. The highest BCUT2D eigenvalue weighted by Gasteiger charge is 2.54. The van der Waals surface area contributed by atoms with Gasteiger partial charge in [-0.05, 0) is 49.9 Å². The molecule has 0 aromatic heterocycles. The van der Waals surface area contributed by atoms with Crippen molar-refractivity contribution in [1.29, 1.82) is 0 Å². The number of rotatable bonds is 3. The molecule has 1 aliphatic heterocycles. The predicted octanol–water partition coefficient (Wildman–Crippen LogP) is 2.07. The summed E-state index contributed by atoms with van der Waals surface area (Å²) >= 11 is 0. The molecule has 1 heterocycles. The molecule has 122 valence electrons. The highest BCUT2D eigenvalue weighted by molar-refractivity contribution is 7.89. The lowest BCUT2D eigenvalue weighted by Crippen LogP contribution is -2.50. The van der Waals surface area contributed by atoms with Crippen LogP contribution in [0.5, 0.6) is 5.75 Å². The summed E-state index contributed by atoms with van der Waals surface area (Å²) in [4.78, 5) is 0.314. The summed E-state index contributed by atoms with van der Waals surface area (Å²) in [5, 5.41) is 10.4. The van der Waals surface area contributed by atoms with Crippen LogP contribution in [0.3, 0.4) is 0 Å². The molecule has 2 fully saturated rings. The maximum Gasteiger partial charge on any atom is 0.243 e. The zero-order valence-electron chi connectivity index (χ0n) is 13.1. The second-order valence-corrected chi connectivity index (χ2v) is 8.15. The number of hydrogen-bond donors (Lipinski definition) is 1. The number of aryl methyl sites for hydroxylation is 1. The molecule has 0 radical (unpaired) electrons. The predicted molar refractivity (Wildman–Crippen MR) is 83.4 cm³/mol. The molecule has 5 nitrogen and oxygen atoms in total. The smallest absolute Gasteiger partial charge is 0.243 e. The molecule has 1 aromatic carbocycles. The third-order valence-corrected chi connectivity index (χ3v) is 7.28. The molecule has 0 bridgehead atoms. The Hall–Kier alpha value is -1.11. The third kappa shape index (κ3) is 2.25. The molecule has 1 saturated carbocycles. The van der Waals surface area contributed by atoms with Gasteiger partial charge in [0.2, 0.25) is 10.0 Å². The van der Waals surface area contributed by atoms with Gasteiger partial charge in [-0.25, -0.2) is 8.42 Å². The van der Waals surface area contributed by atoms with Crippen molar-refractivity contribution < 1.29 is 18.3 Å². The lowest BCUT2D eigenvalue weighted by Gasteiger charge is -2.36. The van der Waals surface area contributed by atoms with E-state index in [0.29, 0.717) is 29.2 Å². The van der Waals surface area contributed by atoms with E-state index in [0.717, 1.165) is 25.7 Å². The van der Waals surface area contributed by atoms with Gasteiger partial charge in [0.05, 0.1) is 23.6 Å². The molecule has 1 aliphatic carbocycles. The standard InChI is InChI=1S/C16H23NO4S/c1-12-11-13(21-2)5-6-14(12)22(19,20)17-10-7-15(18)16(17)8-3-4-9-16/h5-6,11,15,18H,3-4,7-10H2,1-2H3. The van der Waals surface area contributed by atoms with E-state index in [-0.39, 0.29) is 0 Å². The van der Waals surface area contributed by atoms with Gasteiger partial charge in [0.25, 0.3) is 0 Å².